The highest BCUT2D eigenvalue weighted by atomic mass is 16.1. The van der Waals surface area contributed by atoms with Crippen molar-refractivity contribution in [3.63, 3.8) is 0 Å². The molecule has 0 radical (unpaired) electrons. The van der Waals surface area contributed by atoms with Gasteiger partial charge < -0.3 is 10.1 Å². The van der Waals surface area contributed by atoms with Gasteiger partial charge in [0.25, 0.3) is 0 Å². The van der Waals surface area contributed by atoms with Crippen LogP contribution >= 0.6 is 0 Å². The highest BCUT2D eigenvalue weighted by Gasteiger charge is 2.02. The summed E-state index contributed by atoms with van der Waals surface area (Å²) in [6.45, 7) is 3.97. The first-order valence-corrected chi connectivity index (χ1v) is 6.06. The lowest BCUT2D eigenvalue weighted by Crippen LogP contribution is -2.15. The van der Waals surface area contributed by atoms with Crippen LogP contribution in [0.15, 0.2) is 30.3 Å². The maximum absolute atomic E-state index is 10.6. The molecule has 16 heavy (non-hydrogen) atoms. The number of carbonyl (C=O) groups excluding carboxylic acids is 1. The van der Waals surface area contributed by atoms with E-state index < -0.39 is 0 Å². The van der Waals surface area contributed by atoms with Gasteiger partial charge in [-0.1, -0.05) is 37.3 Å². The zero-order valence-corrected chi connectivity index (χ0v) is 9.99. The van der Waals surface area contributed by atoms with E-state index in [1.807, 2.05) is 6.07 Å². The van der Waals surface area contributed by atoms with Crippen LogP contribution in [0.3, 0.4) is 0 Å². The maximum atomic E-state index is 10.6. The van der Waals surface area contributed by atoms with E-state index in [1.54, 1.807) is 0 Å². The highest BCUT2D eigenvalue weighted by molar-refractivity contribution is 5.53. The minimum absolute atomic E-state index is 0.249. The van der Waals surface area contributed by atoms with E-state index in [-0.39, 0.29) is 5.92 Å². The number of aldehydes is 1. The van der Waals surface area contributed by atoms with Crippen molar-refractivity contribution in [1.29, 1.82) is 0 Å². The van der Waals surface area contributed by atoms with E-state index in [9.17, 15) is 4.79 Å². The van der Waals surface area contributed by atoms with E-state index in [0.717, 1.165) is 38.6 Å². The summed E-state index contributed by atoms with van der Waals surface area (Å²) in [4.78, 5) is 10.6. The quantitative estimate of drug-likeness (QED) is 0.538. The predicted octanol–water partition coefficient (Wildman–Crippen LogP) is 2.78. The fourth-order valence-corrected chi connectivity index (χ4v) is 1.69. The Kier molecular flexibility index (Phi) is 6.50. The maximum Gasteiger partial charge on any atom is 0.123 e. The molecule has 1 N–H and O–H groups in total. The topological polar surface area (TPSA) is 29.1 Å². The van der Waals surface area contributed by atoms with Crippen molar-refractivity contribution >= 4 is 6.29 Å². The van der Waals surface area contributed by atoms with Gasteiger partial charge in [-0.3, -0.25) is 0 Å². The van der Waals surface area contributed by atoms with Crippen molar-refractivity contribution in [2.45, 2.75) is 32.7 Å². The molecule has 0 spiro atoms. The molecule has 1 aromatic rings. The number of carbonyl (C=O) groups is 1. The molecule has 1 rings (SSSR count). The molecule has 0 amide bonds. The van der Waals surface area contributed by atoms with Crippen LogP contribution in [0.25, 0.3) is 0 Å². The molecule has 1 atom stereocenters. The molecule has 0 saturated heterocycles. The fourth-order valence-electron chi connectivity index (χ4n) is 1.69. The zero-order valence-electron chi connectivity index (χ0n) is 9.99. The first-order valence-electron chi connectivity index (χ1n) is 6.06. The van der Waals surface area contributed by atoms with Crippen molar-refractivity contribution in [3.8, 4) is 0 Å². The summed E-state index contributed by atoms with van der Waals surface area (Å²) in [7, 11) is 0. The summed E-state index contributed by atoms with van der Waals surface area (Å²) < 4.78 is 0. The zero-order chi connectivity index (χ0) is 11.6. The molecule has 1 unspecified atom stereocenters. The van der Waals surface area contributed by atoms with Crippen LogP contribution in [0.5, 0.6) is 0 Å². The lowest BCUT2D eigenvalue weighted by Gasteiger charge is -2.07. The molecule has 0 aliphatic rings. The van der Waals surface area contributed by atoms with E-state index in [4.69, 9.17) is 0 Å². The van der Waals surface area contributed by atoms with Crippen LogP contribution in [0.1, 0.15) is 31.7 Å². The second-order valence-electron chi connectivity index (χ2n) is 4.11. The van der Waals surface area contributed by atoms with Crippen LogP contribution in [0, 0.1) is 5.92 Å². The van der Waals surface area contributed by atoms with Crippen molar-refractivity contribution in [2.75, 3.05) is 6.54 Å². The van der Waals surface area contributed by atoms with Gasteiger partial charge >= 0.3 is 0 Å². The molecule has 0 aliphatic heterocycles. The molecule has 0 fully saturated rings. The molecule has 0 aliphatic carbocycles. The summed E-state index contributed by atoms with van der Waals surface area (Å²) in [6.07, 6.45) is 4.12. The Morgan fingerprint density at radius 1 is 1.31 bits per heavy atom. The van der Waals surface area contributed by atoms with Crippen LogP contribution in [-0.4, -0.2) is 12.8 Å². The van der Waals surface area contributed by atoms with Crippen molar-refractivity contribution in [1.82, 2.24) is 5.32 Å². The third kappa shape index (κ3) is 5.08. The number of hydrogen-bond donors (Lipinski definition) is 1. The first-order chi connectivity index (χ1) is 7.86. The average Bonchev–Trinajstić information content (AvgIpc) is 2.35. The van der Waals surface area contributed by atoms with Gasteiger partial charge in [-0.05, 0) is 31.4 Å². The molecule has 0 saturated carbocycles. The van der Waals surface area contributed by atoms with Crippen molar-refractivity contribution in [2.24, 2.45) is 5.92 Å². The molecule has 2 heteroatoms. The third-order valence-electron chi connectivity index (χ3n) is 2.82. The van der Waals surface area contributed by atoms with Crippen molar-refractivity contribution < 1.29 is 4.79 Å². The summed E-state index contributed by atoms with van der Waals surface area (Å²) in [5.41, 5.74) is 1.31. The van der Waals surface area contributed by atoms with Gasteiger partial charge in [-0.15, -0.1) is 0 Å². The Morgan fingerprint density at radius 2 is 2.06 bits per heavy atom. The van der Waals surface area contributed by atoms with E-state index in [1.165, 1.54) is 5.56 Å². The van der Waals surface area contributed by atoms with Gasteiger partial charge in [0, 0.05) is 12.5 Å². The Hall–Kier alpha value is -1.15. The molecule has 88 valence electrons. The number of nitrogens with one attached hydrogen (secondary N) is 1. The molecular weight excluding hydrogens is 198 g/mol. The Balaban J connectivity index is 2.06. The Morgan fingerprint density at radius 3 is 2.69 bits per heavy atom. The van der Waals surface area contributed by atoms with Gasteiger partial charge in [0.2, 0.25) is 0 Å². The van der Waals surface area contributed by atoms with Crippen LogP contribution < -0.4 is 5.32 Å². The largest absolute Gasteiger partial charge is 0.313 e. The summed E-state index contributed by atoms with van der Waals surface area (Å²) >= 11 is 0. The van der Waals surface area contributed by atoms with E-state index >= 15 is 0 Å². The predicted molar refractivity (Wildman–Crippen MR) is 67.2 cm³/mol. The lowest BCUT2D eigenvalue weighted by atomic mass is 10.0. The molecule has 2 nitrogen and oxygen atoms in total. The fraction of sp³-hybridized carbons (Fsp3) is 0.500. The summed E-state index contributed by atoms with van der Waals surface area (Å²) in [5, 5.41) is 3.39. The third-order valence-corrected chi connectivity index (χ3v) is 2.82. The average molecular weight is 219 g/mol. The van der Waals surface area contributed by atoms with Gasteiger partial charge in [0.05, 0.1) is 0 Å². The minimum Gasteiger partial charge on any atom is -0.313 e. The van der Waals surface area contributed by atoms with Gasteiger partial charge in [0.1, 0.15) is 6.29 Å². The monoisotopic (exact) mass is 219 g/mol. The first kappa shape index (κ1) is 12.9. The smallest absolute Gasteiger partial charge is 0.123 e. The van der Waals surface area contributed by atoms with Crippen LogP contribution in [-0.2, 0) is 11.3 Å². The Bertz CT molecular complexity index is 284. The number of rotatable bonds is 8. The normalized spacial score (nSPS) is 12.3. The van der Waals surface area contributed by atoms with Crippen LogP contribution in [0.4, 0.5) is 0 Å². The Labute approximate surface area is 98.1 Å². The highest BCUT2D eigenvalue weighted by Crippen LogP contribution is 2.06. The molecule has 1 aromatic carbocycles. The van der Waals surface area contributed by atoms with Gasteiger partial charge in [0.15, 0.2) is 0 Å². The molecular formula is C14H21NO. The number of hydrogen-bond acceptors (Lipinski definition) is 2. The second kappa shape index (κ2) is 8.05. The summed E-state index contributed by atoms with van der Waals surface area (Å²) in [5.74, 6) is 0.249. The molecule has 0 heterocycles. The lowest BCUT2D eigenvalue weighted by molar-refractivity contribution is -0.111. The van der Waals surface area contributed by atoms with E-state index in [2.05, 4.69) is 36.5 Å². The van der Waals surface area contributed by atoms with Crippen molar-refractivity contribution in [3.05, 3.63) is 35.9 Å². The molecule has 0 aromatic heterocycles. The molecule has 0 bridgehead atoms. The minimum atomic E-state index is 0.249. The second-order valence-corrected chi connectivity index (χ2v) is 4.11. The summed E-state index contributed by atoms with van der Waals surface area (Å²) in [6, 6.07) is 10.4. The van der Waals surface area contributed by atoms with Crippen LogP contribution in [0.2, 0.25) is 0 Å². The van der Waals surface area contributed by atoms with Gasteiger partial charge in [-0.25, -0.2) is 0 Å². The van der Waals surface area contributed by atoms with E-state index in [0.29, 0.717) is 0 Å². The SMILES string of the molecule is CCC(C=O)CCCNCc1ccccc1. The number of benzene rings is 1. The standard InChI is InChI=1S/C14H21NO/c1-2-13(12-16)9-6-10-15-11-14-7-4-3-5-8-14/h3-5,7-8,12-13,15H,2,6,9-11H2,1H3. The van der Waals surface area contributed by atoms with Gasteiger partial charge in [-0.2, -0.15) is 0 Å².